The Kier molecular flexibility index (Phi) is 5.30. The smallest absolute Gasteiger partial charge is 0.339 e. The van der Waals surface area contributed by atoms with E-state index in [1.807, 2.05) is 31.2 Å². The zero-order valence-electron chi connectivity index (χ0n) is 15.7. The molecular weight excluding hydrogens is 364 g/mol. The van der Waals surface area contributed by atoms with Crippen molar-refractivity contribution in [3.63, 3.8) is 0 Å². The number of esters is 1. The minimum Gasteiger partial charge on any atom is -0.490 e. The number of amides is 1. The van der Waals surface area contributed by atoms with Gasteiger partial charge in [0.15, 0.2) is 11.9 Å². The number of ether oxygens (including phenoxy) is 2. The lowest BCUT2D eigenvalue weighted by Crippen LogP contribution is -2.43. The van der Waals surface area contributed by atoms with Crippen LogP contribution in [0.4, 0.5) is 11.4 Å². The number of nitrogens with zero attached hydrogens (tertiary/aromatic N) is 2. The molecule has 1 heterocycles. The fourth-order valence-electron chi connectivity index (χ4n) is 3.34. The number of rotatable bonds is 5. The highest BCUT2D eigenvalue weighted by Gasteiger charge is 2.34. The van der Waals surface area contributed by atoms with Gasteiger partial charge in [0.25, 0.3) is 5.91 Å². The number of hydrogen-bond acceptors (Lipinski definition) is 6. The zero-order chi connectivity index (χ0) is 20.4. The minimum atomic E-state index is -1.04. The molecule has 0 unspecified atom stereocenters. The molecule has 8 heteroatoms. The number of benzene rings is 2. The Morgan fingerprint density at radius 1 is 1.25 bits per heavy atom. The van der Waals surface area contributed by atoms with Crippen LogP contribution in [0.25, 0.3) is 0 Å². The van der Waals surface area contributed by atoms with E-state index in [2.05, 4.69) is 0 Å². The minimum absolute atomic E-state index is 0.0259. The van der Waals surface area contributed by atoms with Crippen LogP contribution >= 0.6 is 0 Å². The fraction of sp³-hybridized carbons (Fsp3) is 0.300. The van der Waals surface area contributed by atoms with E-state index in [-0.39, 0.29) is 28.9 Å². The van der Waals surface area contributed by atoms with Gasteiger partial charge in [-0.05, 0) is 44.0 Å². The number of methoxy groups -OCH3 is 1. The molecule has 0 saturated heterocycles. The number of nitro groups is 1. The first-order valence-electron chi connectivity index (χ1n) is 8.78. The van der Waals surface area contributed by atoms with Crippen LogP contribution in [0, 0.1) is 10.1 Å². The molecule has 0 fully saturated rings. The lowest BCUT2D eigenvalue weighted by atomic mass is 10.1. The summed E-state index contributed by atoms with van der Waals surface area (Å²) in [6.45, 7) is 3.42. The highest BCUT2D eigenvalue weighted by molar-refractivity contribution is 6.01. The average molecular weight is 384 g/mol. The van der Waals surface area contributed by atoms with Crippen molar-refractivity contribution in [3.8, 4) is 5.75 Å². The van der Waals surface area contributed by atoms with Crippen molar-refractivity contribution >= 4 is 23.3 Å². The fourth-order valence-corrected chi connectivity index (χ4v) is 3.34. The summed E-state index contributed by atoms with van der Waals surface area (Å²) in [6.07, 6.45) is -0.310. The van der Waals surface area contributed by atoms with Crippen LogP contribution in [-0.2, 0) is 16.0 Å². The number of fused-ring (bicyclic) bond motifs is 1. The van der Waals surface area contributed by atoms with E-state index in [0.717, 1.165) is 23.7 Å². The first-order chi connectivity index (χ1) is 13.3. The van der Waals surface area contributed by atoms with Gasteiger partial charge in [-0.25, -0.2) is 4.79 Å². The maximum absolute atomic E-state index is 12.9. The van der Waals surface area contributed by atoms with E-state index in [1.165, 1.54) is 26.2 Å². The monoisotopic (exact) mass is 384 g/mol. The Hall–Kier alpha value is -3.42. The molecule has 0 spiro atoms. The third kappa shape index (κ3) is 3.53. The van der Waals surface area contributed by atoms with Gasteiger partial charge in [0.1, 0.15) is 0 Å². The molecule has 28 heavy (non-hydrogen) atoms. The molecule has 1 aliphatic rings. The summed E-state index contributed by atoms with van der Waals surface area (Å²) in [6, 6.07) is 11.3. The van der Waals surface area contributed by atoms with E-state index in [1.54, 1.807) is 4.90 Å². The van der Waals surface area contributed by atoms with Crippen LogP contribution in [-0.4, -0.2) is 36.1 Å². The van der Waals surface area contributed by atoms with E-state index < -0.39 is 17.0 Å². The van der Waals surface area contributed by atoms with E-state index in [4.69, 9.17) is 9.47 Å². The second-order valence-electron chi connectivity index (χ2n) is 6.58. The molecular formula is C20H20N2O6. The van der Waals surface area contributed by atoms with Crippen molar-refractivity contribution in [1.82, 2.24) is 0 Å². The van der Waals surface area contributed by atoms with Crippen LogP contribution in [0.2, 0.25) is 0 Å². The van der Waals surface area contributed by atoms with Crippen molar-refractivity contribution < 1.29 is 24.0 Å². The zero-order valence-corrected chi connectivity index (χ0v) is 15.7. The van der Waals surface area contributed by atoms with Crippen molar-refractivity contribution in [2.45, 2.75) is 32.4 Å². The summed E-state index contributed by atoms with van der Waals surface area (Å²) in [5, 5.41) is 11.1. The molecule has 1 aliphatic heterocycles. The molecule has 2 aromatic rings. The summed E-state index contributed by atoms with van der Waals surface area (Å²) in [7, 11) is 1.30. The predicted octanol–water partition coefficient (Wildman–Crippen LogP) is 3.13. The Bertz CT molecular complexity index is 942. The van der Waals surface area contributed by atoms with E-state index in [0.29, 0.717) is 0 Å². The topological polar surface area (TPSA) is 99.0 Å². The normalized spacial score (nSPS) is 16.2. The van der Waals surface area contributed by atoms with Gasteiger partial charge in [-0.2, -0.15) is 0 Å². The Morgan fingerprint density at radius 3 is 2.64 bits per heavy atom. The highest BCUT2D eigenvalue weighted by Crippen LogP contribution is 2.33. The largest absolute Gasteiger partial charge is 0.490 e. The maximum Gasteiger partial charge on any atom is 0.339 e. The molecule has 146 valence electrons. The van der Waals surface area contributed by atoms with Crippen LogP contribution in [0.15, 0.2) is 42.5 Å². The number of anilines is 1. The molecule has 1 amide bonds. The molecule has 0 bridgehead atoms. The summed E-state index contributed by atoms with van der Waals surface area (Å²) in [5.74, 6) is -1.12. The Morgan fingerprint density at radius 2 is 1.96 bits per heavy atom. The number of carbonyl (C=O) groups excluding carboxylic acids is 2. The second kappa shape index (κ2) is 7.67. The molecule has 0 aliphatic carbocycles. The Balaban J connectivity index is 1.77. The third-order valence-corrected chi connectivity index (χ3v) is 4.69. The van der Waals surface area contributed by atoms with Gasteiger partial charge in [-0.3, -0.25) is 14.9 Å². The molecule has 2 aromatic carbocycles. The van der Waals surface area contributed by atoms with Gasteiger partial charge in [0.2, 0.25) is 0 Å². The van der Waals surface area contributed by atoms with Crippen LogP contribution in [0.3, 0.4) is 0 Å². The number of hydrogen-bond donors (Lipinski definition) is 0. The summed E-state index contributed by atoms with van der Waals surface area (Å²) in [4.78, 5) is 37.4. The number of carbonyl (C=O) groups is 2. The number of para-hydroxylation sites is 1. The van der Waals surface area contributed by atoms with Gasteiger partial charge >= 0.3 is 11.7 Å². The van der Waals surface area contributed by atoms with Gasteiger partial charge in [-0.1, -0.05) is 18.2 Å². The quantitative estimate of drug-likeness (QED) is 0.446. The molecule has 0 saturated carbocycles. The van der Waals surface area contributed by atoms with Gasteiger partial charge in [-0.15, -0.1) is 0 Å². The second-order valence-corrected chi connectivity index (χ2v) is 6.58. The molecule has 3 rings (SSSR count). The lowest BCUT2D eigenvalue weighted by Gasteiger charge is -2.25. The van der Waals surface area contributed by atoms with Crippen LogP contribution in [0.5, 0.6) is 5.75 Å². The van der Waals surface area contributed by atoms with Gasteiger partial charge < -0.3 is 14.4 Å². The summed E-state index contributed by atoms with van der Waals surface area (Å²) < 4.78 is 10.2. The number of nitro benzene ring substituents is 1. The van der Waals surface area contributed by atoms with Gasteiger partial charge in [0, 0.05) is 17.8 Å². The SMILES string of the molecule is COc1ccc(C(=O)O[C@H](C)C(=O)N2c3ccccc3C[C@@H]2C)cc1[N+](=O)[O-]. The van der Waals surface area contributed by atoms with Crippen molar-refractivity contribution in [3.05, 3.63) is 63.7 Å². The van der Waals surface area contributed by atoms with E-state index >= 15 is 0 Å². The third-order valence-electron chi connectivity index (χ3n) is 4.69. The average Bonchev–Trinajstić information content (AvgIpc) is 3.02. The van der Waals surface area contributed by atoms with E-state index in [9.17, 15) is 19.7 Å². The van der Waals surface area contributed by atoms with Crippen molar-refractivity contribution in [1.29, 1.82) is 0 Å². The first-order valence-corrected chi connectivity index (χ1v) is 8.78. The van der Waals surface area contributed by atoms with Crippen LogP contribution < -0.4 is 9.64 Å². The van der Waals surface area contributed by atoms with Crippen molar-refractivity contribution in [2.75, 3.05) is 12.0 Å². The van der Waals surface area contributed by atoms with Crippen LogP contribution in [0.1, 0.15) is 29.8 Å². The van der Waals surface area contributed by atoms with Crippen molar-refractivity contribution in [2.24, 2.45) is 0 Å². The van der Waals surface area contributed by atoms with Gasteiger partial charge in [0.05, 0.1) is 17.6 Å². The summed E-state index contributed by atoms with van der Waals surface area (Å²) in [5.41, 5.74) is 1.50. The predicted molar refractivity (Wildman–Crippen MR) is 102 cm³/mol. The molecule has 0 aromatic heterocycles. The molecule has 0 N–H and O–H groups in total. The lowest BCUT2D eigenvalue weighted by molar-refractivity contribution is -0.385. The molecule has 8 nitrogen and oxygen atoms in total. The molecule has 0 radical (unpaired) electrons. The highest BCUT2D eigenvalue weighted by atomic mass is 16.6. The Labute approximate surface area is 161 Å². The summed E-state index contributed by atoms with van der Waals surface area (Å²) >= 11 is 0. The standard InChI is InChI=1S/C20H20N2O6/c1-12-10-14-6-4-5-7-16(14)21(12)19(23)13(2)28-20(24)15-8-9-18(27-3)17(11-15)22(25)26/h4-9,11-13H,10H2,1-3H3/t12-,13+/m0/s1. The maximum atomic E-state index is 12.9. The molecule has 2 atom stereocenters. The first kappa shape index (κ1) is 19.3.